The number of hydrogen-bond donors (Lipinski definition) is 6. The number of carbonyl (C=O) groups excluding carboxylic acids is 4. The van der Waals surface area contributed by atoms with E-state index in [1.54, 1.807) is 13.8 Å². The molecule has 6 aliphatic rings. The Morgan fingerprint density at radius 1 is 1.04 bits per heavy atom. The fourth-order valence-corrected chi connectivity index (χ4v) is 9.36. The van der Waals surface area contributed by atoms with Crippen molar-refractivity contribution in [3.05, 3.63) is 11.8 Å². The van der Waals surface area contributed by atoms with Crippen molar-refractivity contribution in [1.82, 2.24) is 0 Å². The van der Waals surface area contributed by atoms with Crippen LogP contribution in [0.3, 0.4) is 0 Å². The SMILES string of the molecule is COC(=O)C12OC[C@]34[C@H]([C@@H](O)[C@@H]1O)[C@@]1(C)C=C(O[C@@H]5O[C@H](CO)[C@@H](O)[C@H](O)[C@H]5O)C(=O)[C@@H](C)[C@@H]1C[C@H]3OC(=O)[C@H](OC(C)=O)[C@@H]24. The highest BCUT2D eigenvalue weighted by molar-refractivity contribution is 5.96. The summed E-state index contributed by atoms with van der Waals surface area (Å²) < 4.78 is 33.6. The number of methoxy groups -OCH3 is 1. The van der Waals surface area contributed by atoms with Crippen molar-refractivity contribution in [2.24, 2.45) is 34.5 Å². The number of allylic oxidation sites excluding steroid dienone is 2. The van der Waals surface area contributed by atoms with Gasteiger partial charge in [0.05, 0.1) is 32.3 Å². The monoisotopic (exact) mass is 642 g/mol. The predicted molar refractivity (Wildman–Crippen MR) is 141 cm³/mol. The van der Waals surface area contributed by atoms with Crippen molar-refractivity contribution >= 4 is 23.7 Å². The Morgan fingerprint density at radius 2 is 1.73 bits per heavy atom. The summed E-state index contributed by atoms with van der Waals surface area (Å²) in [5, 5.41) is 64.2. The average Bonchev–Trinajstić information content (AvgIpc) is 3.30. The molecule has 1 unspecified atom stereocenters. The van der Waals surface area contributed by atoms with Crippen molar-refractivity contribution in [2.45, 2.75) is 87.9 Å². The second-order valence-corrected chi connectivity index (χ2v) is 13.2. The largest absolute Gasteiger partial charge is 0.467 e. The zero-order valence-electron chi connectivity index (χ0n) is 25.0. The van der Waals surface area contributed by atoms with Crippen LogP contribution in [0.2, 0.25) is 0 Å². The van der Waals surface area contributed by atoms with Crippen molar-refractivity contribution < 1.29 is 78.2 Å². The first kappa shape index (κ1) is 32.2. The standard InChI is InChI=1S/C29H38O16/c1-9-11-5-14-28-8-41-29(26(39)40-4,22(28)20(24(38)45-14)42-10(2)31)23(37)19(36)21(28)27(11,3)6-12(15(9)32)43-25-18(35)17(34)16(33)13(7-30)44-25/h6,9,11,13-14,16-23,25,30,33-37H,5,7-8H2,1-4H3/t9-,11-,13+,14+,16+,17-,18+,19+,20+,21+,22+,23-,25+,27-,28+,29?/m0/s1. The lowest BCUT2D eigenvalue weighted by molar-refractivity contribution is -0.296. The highest BCUT2D eigenvalue weighted by Gasteiger charge is 2.85. The van der Waals surface area contributed by atoms with Crippen LogP contribution in [-0.4, -0.2) is 135 Å². The molecular formula is C29H38O16. The van der Waals surface area contributed by atoms with Crippen LogP contribution in [0.1, 0.15) is 27.2 Å². The van der Waals surface area contributed by atoms with Gasteiger partial charge in [-0.25, -0.2) is 9.59 Å². The van der Waals surface area contributed by atoms with E-state index in [0.29, 0.717) is 0 Å². The van der Waals surface area contributed by atoms with Crippen molar-refractivity contribution in [3.63, 3.8) is 0 Å². The van der Waals surface area contributed by atoms with E-state index in [-0.39, 0.29) is 18.8 Å². The van der Waals surface area contributed by atoms with E-state index >= 15 is 0 Å². The van der Waals surface area contributed by atoms with Gasteiger partial charge in [0.15, 0.2) is 11.5 Å². The number of hydrogen-bond acceptors (Lipinski definition) is 16. The first-order valence-corrected chi connectivity index (χ1v) is 14.8. The summed E-state index contributed by atoms with van der Waals surface area (Å²) in [6, 6.07) is 0. The minimum atomic E-state index is -2.30. The Hall–Kier alpha value is -2.70. The third-order valence-electron chi connectivity index (χ3n) is 11.2. The van der Waals surface area contributed by atoms with E-state index in [1.807, 2.05) is 0 Å². The van der Waals surface area contributed by atoms with Crippen molar-refractivity contribution in [1.29, 1.82) is 0 Å². The minimum absolute atomic E-state index is 0.0577. The molecule has 16 nitrogen and oxygen atoms in total. The average molecular weight is 643 g/mol. The van der Waals surface area contributed by atoms with Crippen LogP contribution in [0.15, 0.2) is 11.8 Å². The van der Waals surface area contributed by atoms with Gasteiger partial charge in [-0.05, 0) is 23.8 Å². The van der Waals surface area contributed by atoms with Crippen LogP contribution < -0.4 is 0 Å². The summed E-state index contributed by atoms with van der Waals surface area (Å²) in [6.07, 6.45) is -13.2. The van der Waals surface area contributed by atoms with Gasteiger partial charge in [-0.15, -0.1) is 0 Å². The quantitative estimate of drug-likeness (QED) is 0.127. The molecule has 16 heteroatoms. The van der Waals surface area contributed by atoms with E-state index in [2.05, 4.69) is 0 Å². The molecule has 2 bridgehead atoms. The molecule has 0 aromatic carbocycles. The Bertz CT molecular complexity index is 1310. The summed E-state index contributed by atoms with van der Waals surface area (Å²) in [5.41, 5.74) is -5.00. The molecule has 3 aliphatic carbocycles. The molecule has 3 aliphatic heterocycles. The number of aliphatic hydroxyl groups is 6. The molecule has 0 aromatic rings. The first-order chi connectivity index (χ1) is 21.1. The molecule has 45 heavy (non-hydrogen) atoms. The second kappa shape index (κ2) is 10.7. The highest BCUT2D eigenvalue weighted by atomic mass is 16.7. The van der Waals surface area contributed by atoms with Gasteiger partial charge in [0.25, 0.3) is 0 Å². The van der Waals surface area contributed by atoms with Gasteiger partial charge in [-0.1, -0.05) is 13.8 Å². The number of ketones is 1. The lowest BCUT2D eigenvalue weighted by atomic mass is 9.38. The molecule has 3 heterocycles. The van der Waals surface area contributed by atoms with E-state index in [1.165, 1.54) is 6.08 Å². The zero-order chi connectivity index (χ0) is 33.0. The molecule has 1 spiro atoms. The molecule has 3 saturated heterocycles. The maximum absolute atomic E-state index is 13.7. The van der Waals surface area contributed by atoms with Crippen LogP contribution in [0.4, 0.5) is 0 Å². The lowest BCUT2D eigenvalue weighted by Crippen LogP contribution is -2.79. The van der Waals surface area contributed by atoms with Gasteiger partial charge in [0, 0.05) is 24.2 Å². The first-order valence-electron chi connectivity index (χ1n) is 14.8. The summed E-state index contributed by atoms with van der Waals surface area (Å²) >= 11 is 0. The van der Waals surface area contributed by atoms with Gasteiger partial charge < -0.3 is 59.1 Å². The number of Topliss-reactive ketones (excluding diaryl/α,β-unsaturated/α-hetero) is 1. The van der Waals surface area contributed by atoms with Crippen molar-refractivity contribution in [3.8, 4) is 0 Å². The molecule has 6 rings (SSSR count). The van der Waals surface area contributed by atoms with Gasteiger partial charge in [-0.2, -0.15) is 0 Å². The molecule has 0 radical (unpaired) electrons. The zero-order valence-corrected chi connectivity index (χ0v) is 25.0. The normalized spacial score (nSPS) is 51.7. The molecule has 16 atom stereocenters. The minimum Gasteiger partial charge on any atom is -0.467 e. The van der Waals surface area contributed by atoms with Crippen LogP contribution in [0.5, 0.6) is 0 Å². The van der Waals surface area contributed by atoms with Crippen LogP contribution in [0.25, 0.3) is 0 Å². The second-order valence-electron chi connectivity index (χ2n) is 13.2. The number of fused-ring (bicyclic) bond motifs is 2. The molecule has 250 valence electrons. The number of aliphatic hydroxyl groups excluding tert-OH is 6. The predicted octanol–water partition coefficient (Wildman–Crippen LogP) is -3.31. The molecule has 0 aromatic heterocycles. The molecular weight excluding hydrogens is 604 g/mol. The fourth-order valence-electron chi connectivity index (χ4n) is 9.36. The van der Waals surface area contributed by atoms with Gasteiger partial charge in [0.2, 0.25) is 18.0 Å². The molecule has 2 saturated carbocycles. The van der Waals surface area contributed by atoms with Crippen molar-refractivity contribution in [2.75, 3.05) is 20.3 Å². The molecule has 0 amide bonds. The Balaban J connectivity index is 1.49. The summed E-state index contributed by atoms with van der Waals surface area (Å²) in [7, 11) is 1.05. The summed E-state index contributed by atoms with van der Waals surface area (Å²) in [4.78, 5) is 52.7. The van der Waals surface area contributed by atoms with E-state index in [0.717, 1.165) is 14.0 Å². The molecule has 5 fully saturated rings. The van der Waals surface area contributed by atoms with E-state index < -0.39 is 126 Å². The molecule has 6 N–H and O–H groups in total. The smallest absolute Gasteiger partial charge is 0.348 e. The fraction of sp³-hybridized carbons (Fsp3) is 0.793. The van der Waals surface area contributed by atoms with Crippen LogP contribution in [0, 0.1) is 34.5 Å². The number of ether oxygens (including phenoxy) is 6. The van der Waals surface area contributed by atoms with Crippen LogP contribution in [-0.2, 0) is 47.6 Å². The number of carbonyl (C=O) groups is 4. The van der Waals surface area contributed by atoms with Crippen LogP contribution >= 0.6 is 0 Å². The number of esters is 3. The summed E-state index contributed by atoms with van der Waals surface area (Å²) in [6.45, 7) is 3.33. The van der Waals surface area contributed by atoms with Gasteiger partial charge in [0.1, 0.15) is 36.6 Å². The van der Waals surface area contributed by atoms with E-state index in [4.69, 9.17) is 28.4 Å². The van der Waals surface area contributed by atoms with E-state index in [9.17, 15) is 49.8 Å². The third-order valence-corrected chi connectivity index (χ3v) is 11.2. The Kier molecular flexibility index (Phi) is 7.64. The lowest BCUT2D eigenvalue weighted by Gasteiger charge is -2.67. The Labute approximate surface area is 256 Å². The summed E-state index contributed by atoms with van der Waals surface area (Å²) in [5.74, 6) is -7.70. The van der Waals surface area contributed by atoms with Gasteiger partial charge in [-0.3, -0.25) is 9.59 Å². The highest BCUT2D eigenvalue weighted by Crippen LogP contribution is 2.72. The Morgan fingerprint density at radius 3 is 2.36 bits per heavy atom. The third kappa shape index (κ3) is 4.06. The maximum Gasteiger partial charge on any atom is 0.348 e. The maximum atomic E-state index is 13.7. The van der Waals surface area contributed by atoms with Gasteiger partial charge >= 0.3 is 17.9 Å². The topological polar surface area (TPSA) is 245 Å². The number of rotatable bonds is 5.